The topological polar surface area (TPSA) is 61.9 Å². The van der Waals surface area contributed by atoms with Crippen LogP contribution in [-0.4, -0.2) is 38.8 Å². The Morgan fingerprint density at radius 2 is 1.96 bits per heavy atom. The van der Waals surface area contributed by atoms with Crippen molar-refractivity contribution in [1.82, 2.24) is 19.9 Å². The molecule has 1 fully saturated rings. The standard InChI is InChI=1S/C19H20N4O/c24-18(12-15-4-1-2-8-20-15)23-10-6-14(7-11-23)16-13-22-17-5-3-9-21-19(16)17/h1-5,8-9,13-14,22H,6-7,10-12H2. The van der Waals surface area contributed by atoms with E-state index in [4.69, 9.17) is 0 Å². The minimum absolute atomic E-state index is 0.171. The van der Waals surface area contributed by atoms with E-state index in [0.717, 1.165) is 42.7 Å². The molecule has 0 aromatic carbocycles. The molecule has 0 aliphatic carbocycles. The van der Waals surface area contributed by atoms with Crippen molar-refractivity contribution in [2.24, 2.45) is 0 Å². The van der Waals surface area contributed by atoms with Gasteiger partial charge in [0.15, 0.2) is 0 Å². The number of nitrogens with zero attached hydrogens (tertiary/aromatic N) is 3. The molecule has 0 spiro atoms. The molecule has 0 unspecified atom stereocenters. The van der Waals surface area contributed by atoms with Crippen molar-refractivity contribution < 1.29 is 4.79 Å². The molecule has 3 aromatic rings. The second kappa shape index (κ2) is 6.43. The zero-order valence-electron chi connectivity index (χ0n) is 13.5. The molecule has 4 rings (SSSR count). The molecule has 1 N–H and O–H groups in total. The van der Waals surface area contributed by atoms with Crippen molar-refractivity contribution in [3.05, 3.63) is 60.2 Å². The zero-order chi connectivity index (χ0) is 16.4. The van der Waals surface area contributed by atoms with E-state index in [1.54, 1.807) is 6.20 Å². The van der Waals surface area contributed by atoms with Crippen molar-refractivity contribution in [2.75, 3.05) is 13.1 Å². The third-order valence-electron chi connectivity index (χ3n) is 4.81. The minimum atomic E-state index is 0.171. The molecular weight excluding hydrogens is 300 g/mol. The van der Waals surface area contributed by atoms with Gasteiger partial charge in [-0.25, -0.2) is 0 Å². The molecule has 3 aromatic heterocycles. The number of piperidine rings is 1. The molecule has 5 heteroatoms. The summed E-state index contributed by atoms with van der Waals surface area (Å²) < 4.78 is 0. The fourth-order valence-electron chi connectivity index (χ4n) is 3.50. The first-order valence-electron chi connectivity index (χ1n) is 8.41. The predicted octanol–water partition coefficient (Wildman–Crippen LogP) is 2.91. The van der Waals surface area contributed by atoms with Crippen LogP contribution in [0.3, 0.4) is 0 Å². The first-order valence-corrected chi connectivity index (χ1v) is 8.41. The van der Waals surface area contributed by atoms with Crippen molar-refractivity contribution in [3.8, 4) is 0 Å². The summed E-state index contributed by atoms with van der Waals surface area (Å²) in [6, 6.07) is 9.70. The van der Waals surface area contributed by atoms with E-state index in [2.05, 4.69) is 27.2 Å². The zero-order valence-corrected chi connectivity index (χ0v) is 13.5. The molecular formula is C19H20N4O. The summed E-state index contributed by atoms with van der Waals surface area (Å²) >= 11 is 0. The van der Waals surface area contributed by atoms with Gasteiger partial charge in [-0.2, -0.15) is 0 Å². The number of amides is 1. The Morgan fingerprint density at radius 1 is 1.12 bits per heavy atom. The Kier molecular flexibility index (Phi) is 3.99. The number of rotatable bonds is 3. The van der Waals surface area contributed by atoms with Gasteiger partial charge in [0.1, 0.15) is 0 Å². The number of hydrogen-bond acceptors (Lipinski definition) is 3. The molecule has 1 aliphatic heterocycles. The number of likely N-dealkylation sites (tertiary alicyclic amines) is 1. The minimum Gasteiger partial charge on any atom is -0.360 e. The van der Waals surface area contributed by atoms with E-state index in [1.807, 2.05) is 35.4 Å². The number of aromatic amines is 1. The molecule has 0 atom stereocenters. The highest BCUT2D eigenvalue weighted by Gasteiger charge is 2.25. The van der Waals surface area contributed by atoms with E-state index in [9.17, 15) is 4.79 Å². The van der Waals surface area contributed by atoms with Gasteiger partial charge in [0, 0.05) is 37.4 Å². The van der Waals surface area contributed by atoms with Gasteiger partial charge in [-0.05, 0) is 48.6 Å². The summed E-state index contributed by atoms with van der Waals surface area (Å²) in [5.74, 6) is 0.636. The van der Waals surface area contributed by atoms with Crippen LogP contribution >= 0.6 is 0 Å². The van der Waals surface area contributed by atoms with E-state index in [-0.39, 0.29) is 5.91 Å². The summed E-state index contributed by atoms with van der Waals surface area (Å²) in [7, 11) is 0. The normalized spacial score (nSPS) is 15.8. The van der Waals surface area contributed by atoms with E-state index >= 15 is 0 Å². The van der Waals surface area contributed by atoms with Crippen LogP contribution in [0, 0.1) is 0 Å². The lowest BCUT2D eigenvalue weighted by molar-refractivity contribution is -0.131. The lowest BCUT2D eigenvalue weighted by Gasteiger charge is -2.31. The largest absolute Gasteiger partial charge is 0.360 e. The lowest BCUT2D eigenvalue weighted by atomic mass is 9.90. The highest BCUT2D eigenvalue weighted by atomic mass is 16.2. The van der Waals surface area contributed by atoms with Crippen molar-refractivity contribution >= 4 is 16.9 Å². The molecule has 0 saturated carbocycles. The second-order valence-corrected chi connectivity index (χ2v) is 6.30. The van der Waals surface area contributed by atoms with Crippen LogP contribution in [0.2, 0.25) is 0 Å². The first kappa shape index (κ1) is 14.9. The highest BCUT2D eigenvalue weighted by molar-refractivity contribution is 5.80. The Morgan fingerprint density at radius 3 is 2.75 bits per heavy atom. The van der Waals surface area contributed by atoms with E-state index in [1.165, 1.54) is 5.56 Å². The van der Waals surface area contributed by atoms with Crippen LogP contribution in [0.4, 0.5) is 0 Å². The summed E-state index contributed by atoms with van der Waals surface area (Å²) in [5, 5.41) is 0. The number of carbonyl (C=O) groups excluding carboxylic acids is 1. The molecule has 0 bridgehead atoms. The SMILES string of the molecule is O=C(Cc1ccccn1)N1CCC(c2c[nH]c3cccnc23)CC1. The monoisotopic (exact) mass is 320 g/mol. The van der Waals surface area contributed by atoms with Crippen molar-refractivity contribution in [3.63, 3.8) is 0 Å². The Balaban J connectivity index is 1.41. The van der Waals surface area contributed by atoms with Crippen molar-refractivity contribution in [1.29, 1.82) is 0 Å². The maximum atomic E-state index is 12.4. The van der Waals surface area contributed by atoms with Crippen LogP contribution < -0.4 is 0 Å². The number of carbonyl (C=O) groups is 1. The number of nitrogens with one attached hydrogen (secondary N) is 1. The average Bonchev–Trinajstić information content (AvgIpc) is 3.07. The van der Waals surface area contributed by atoms with Gasteiger partial charge < -0.3 is 9.88 Å². The fraction of sp³-hybridized carbons (Fsp3) is 0.316. The maximum absolute atomic E-state index is 12.4. The van der Waals surface area contributed by atoms with Crippen LogP contribution in [0.25, 0.3) is 11.0 Å². The van der Waals surface area contributed by atoms with Gasteiger partial charge in [0.25, 0.3) is 0 Å². The van der Waals surface area contributed by atoms with Crippen LogP contribution in [-0.2, 0) is 11.2 Å². The summed E-state index contributed by atoms with van der Waals surface area (Å²) in [4.78, 5) is 26.5. The number of pyridine rings is 2. The molecule has 122 valence electrons. The number of H-pyrrole nitrogens is 1. The summed E-state index contributed by atoms with van der Waals surface area (Å²) in [6.07, 6.45) is 8.01. The van der Waals surface area contributed by atoms with Gasteiger partial charge in [-0.15, -0.1) is 0 Å². The molecule has 1 amide bonds. The average molecular weight is 320 g/mol. The van der Waals surface area contributed by atoms with Gasteiger partial charge in [-0.1, -0.05) is 6.07 Å². The highest BCUT2D eigenvalue weighted by Crippen LogP contribution is 2.32. The molecule has 4 heterocycles. The van der Waals surface area contributed by atoms with Crippen LogP contribution in [0.15, 0.2) is 48.9 Å². The summed E-state index contributed by atoms with van der Waals surface area (Å²) in [6.45, 7) is 1.60. The fourth-order valence-corrected chi connectivity index (χ4v) is 3.50. The smallest absolute Gasteiger partial charge is 0.228 e. The number of aromatic nitrogens is 3. The Hall–Kier alpha value is -2.69. The van der Waals surface area contributed by atoms with Crippen molar-refractivity contribution in [2.45, 2.75) is 25.2 Å². The number of fused-ring (bicyclic) bond motifs is 1. The first-order chi connectivity index (χ1) is 11.8. The van der Waals surface area contributed by atoms with E-state index < -0.39 is 0 Å². The molecule has 24 heavy (non-hydrogen) atoms. The van der Waals surface area contributed by atoms with Gasteiger partial charge in [0.2, 0.25) is 5.91 Å². The number of hydrogen-bond donors (Lipinski definition) is 1. The Labute approximate surface area is 140 Å². The quantitative estimate of drug-likeness (QED) is 0.807. The van der Waals surface area contributed by atoms with Crippen LogP contribution in [0.5, 0.6) is 0 Å². The molecule has 1 saturated heterocycles. The third-order valence-corrected chi connectivity index (χ3v) is 4.81. The maximum Gasteiger partial charge on any atom is 0.228 e. The van der Waals surface area contributed by atoms with E-state index in [0.29, 0.717) is 12.3 Å². The van der Waals surface area contributed by atoms with Gasteiger partial charge in [-0.3, -0.25) is 14.8 Å². The van der Waals surface area contributed by atoms with Gasteiger partial charge in [0.05, 0.1) is 17.5 Å². The third kappa shape index (κ3) is 2.89. The second-order valence-electron chi connectivity index (χ2n) is 6.30. The lowest BCUT2D eigenvalue weighted by Crippen LogP contribution is -2.38. The Bertz CT molecular complexity index is 835. The summed E-state index contributed by atoms with van der Waals surface area (Å²) in [5.41, 5.74) is 4.27. The molecule has 5 nitrogen and oxygen atoms in total. The molecule has 0 radical (unpaired) electrons. The predicted molar refractivity (Wildman–Crippen MR) is 92.6 cm³/mol. The molecule has 1 aliphatic rings. The van der Waals surface area contributed by atoms with Crippen LogP contribution in [0.1, 0.15) is 30.0 Å². The van der Waals surface area contributed by atoms with Gasteiger partial charge >= 0.3 is 0 Å².